The Hall–Kier alpha value is -2.83. The van der Waals surface area contributed by atoms with Crippen molar-refractivity contribution in [1.82, 2.24) is 15.0 Å². The number of amides is 1. The molecule has 13 heteroatoms. The molecule has 2 aromatic carbocycles. The van der Waals surface area contributed by atoms with Gasteiger partial charge in [0.25, 0.3) is 15.9 Å². The van der Waals surface area contributed by atoms with E-state index >= 15 is 0 Å². The van der Waals surface area contributed by atoms with Gasteiger partial charge < -0.3 is 19.3 Å². The molecule has 10 nitrogen and oxygen atoms in total. The van der Waals surface area contributed by atoms with Crippen LogP contribution in [-0.4, -0.2) is 73.3 Å². The van der Waals surface area contributed by atoms with E-state index in [1.54, 1.807) is 30.0 Å². The third-order valence-corrected chi connectivity index (χ3v) is 9.45. The highest BCUT2D eigenvalue weighted by Crippen LogP contribution is 2.32. The Bertz CT molecular complexity index is 1510. The third-order valence-electron chi connectivity index (χ3n) is 7.08. The van der Waals surface area contributed by atoms with Crippen molar-refractivity contribution < 1.29 is 27.6 Å². The number of aromatic nitrogens is 1. The molecule has 2 N–H and O–H groups in total. The molecule has 0 saturated heterocycles. The Morgan fingerprint density at radius 1 is 1.20 bits per heavy atom. The molecule has 0 bridgehead atoms. The molecule has 0 fully saturated rings. The van der Waals surface area contributed by atoms with E-state index in [0.29, 0.717) is 35.4 Å². The fraction of sp³-hybridized carbons (Fsp3) is 0.429. The van der Waals surface area contributed by atoms with Crippen molar-refractivity contribution in [1.29, 1.82) is 0 Å². The van der Waals surface area contributed by atoms with Crippen LogP contribution in [0.3, 0.4) is 0 Å². The van der Waals surface area contributed by atoms with Gasteiger partial charge in [-0.3, -0.25) is 14.4 Å². The summed E-state index contributed by atoms with van der Waals surface area (Å²) in [4.78, 5) is 17.4. The van der Waals surface area contributed by atoms with Crippen molar-refractivity contribution >= 4 is 44.8 Å². The lowest BCUT2D eigenvalue weighted by atomic mass is 9.99. The fourth-order valence-electron chi connectivity index (χ4n) is 4.89. The number of hydrogen-bond acceptors (Lipinski definition) is 8. The average Bonchev–Trinajstić information content (AvgIpc) is 3.26. The first-order valence-electron chi connectivity index (χ1n) is 13.1. The number of anilines is 1. The van der Waals surface area contributed by atoms with Crippen LogP contribution in [0.1, 0.15) is 41.2 Å². The molecule has 0 radical (unpaired) electrons. The molecule has 222 valence electrons. The van der Waals surface area contributed by atoms with Gasteiger partial charge in [0.05, 0.1) is 28.3 Å². The second-order valence-corrected chi connectivity index (χ2v) is 13.0. The standard InChI is InChI=1S/C28H34Cl2N4O6S/c1-16-12-34(17(2)15-35)28(36)22-11-21(32-41(37,38)27-18(3)31-40-19(27)4)7-9-25(22)39-26(16)14-33(5)13-20-6-8-23(29)24(30)10-20/h6-11,16-17,26,32,35H,12-15H2,1-5H3/t16-,17-,26-/m0/s1. The molecular formula is C28H34Cl2N4O6S. The number of aliphatic hydroxyl groups is 1. The quantitative estimate of drug-likeness (QED) is 0.349. The zero-order valence-corrected chi connectivity index (χ0v) is 25.8. The first kappa shape index (κ1) is 31.1. The number of nitrogens with zero attached hydrogens (tertiary/aromatic N) is 3. The third kappa shape index (κ3) is 6.98. The monoisotopic (exact) mass is 624 g/mol. The largest absolute Gasteiger partial charge is 0.488 e. The van der Waals surface area contributed by atoms with Crippen LogP contribution in [0.15, 0.2) is 45.8 Å². The minimum atomic E-state index is -4.03. The molecule has 2 heterocycles. The Kier molecular flexibility index (Phi) is 9.55. The van der Waals surface area contributed by atoms with Crippen LogP contribution in [0.2, 0.25) is 10.0 Å². The smallest absolute Gasteiger partial charge is 0.267 e. The number of halogens is 2. The number of hydrogen-bond donors (Lipinski definition) is 2. The molecule has 1 amide bonds. The average molecular weight is 626 g/mol. The van der Waals surface area contributed by atoms with Crippen LogP contribution in [-0.2, 0) is 16.6 Å². The summed E-state index contributed by atoms with van der Waals surface area (Å²) in [6.07, 6.45) is -0.326. The second kappa shape index (κ2) is 12.6. The van der Waals surface area contributed by atoms with Crippen molar-refractivity contribution in [2.45, 2.75) is 51.3 Å². The number of fused-ring (bicyclic) bond motifs is 1. The van der Waals surface area contributed by atoms with E-state index in [4.69, 9.17) is 32.5 Å². The summed E-state index contributed by atoms with van der Waals surface area (Å²) in [6.45, 7) is 8.04. The van der Waals surface area contributed by atoms with Crippen molar-refractivity contribution in [2.75, 3.05) is 31.5 Å². The minimum absolute atomic E-state index is 0.0544. The molecule has 41 heavy (non-hydrogen) atoms. The van der Waals surface area contributed by atoms with Gasteiger partial charge in [-0.2, -0.15) is 0 Å². The van der Waals surface area contributed by atoms with Gasteiger partial charge in [0, 0.05) is 31.2 Å². The van der Waals surface area contributed by atoms with Crippen molar-refractivity contribution in [3.05, 3.63) is 69.0 Å². The van der Waals surface area contributed by atoms with Crippen LogP contribution in [0.4, 0.5) is 5.69 Å². The lowest BCUT2D eigenvalue weighted by Gasteiger charge is -2.38. The minimum Gasteiger partial charge on any atom is -0.488 e. The number of aliphatic hydroxyl groups excluding tert-OH is 1. The van der Waals surface area contributed by atoms with Crippen molar-refractivity contribution in [3.63, 3.8) is 0 Å². The number of rotatable bonds is 9. The highest BCUT2D eigenvalue weighted by molar-refractivity contribution is 7.92. The molecule has 1 aromatic heterocycles. The number of nitrogens with one attached hydrogen (secondary N) is 1. The van der Waals surface area contributed by atoms with Gasteiger partial charge in [0.15, 0.2) is 10.7 Å². The molecule has 0 aliphatic carbocycles. The summed E-state index contributed by atoms with van der Waals surface area (Å²) in [5, 5.41) is 14.6. The molecule has 0 saturated carbocycles. The maximum atomic E-state index is 13.7. The Morgan fingerprint density at radius 2 is 1.93 bits per heavy atom. The first-order valence-corrected chi connectivity index (χ1v) is 15.3. The van der Waals surface area contributed by atoms with Gasteiger partial charge in [-0.15, -0.1) is 0 Å². The zero-order valence-electron chi connectivity index (χ0n) is 23.5. The van der Waals surface area contributed by atoms with Crippen LogP contribution in [0.25, 0.3) is 0 Å². The van der Waals surface area contributed by atoms with Gasteiger partial charge >= 0.3 is 0 Å². The zero-order chi connectivity index (χ0) is 30.1. The highest BCUT2D eigenvalue weighted by Gasteiger charge is 2.34. The number of sulfonamides is 1. The van der Waals surface area contributed by atoms with E-state index < -0.39 is 16.1 Å². The predicted octanol–water partition coefficient (Wildman–Crippen LogP) is 4.75. The first-order chi connectivity index (χ1) is 19.3. The SMILES string of the molecule is Cc1noc(C)c1S(=O)(=O)Nc1ccc2c(c1)C(=O)N([C@@H](C)CO)C[C@H](C)[C@H](CN(C)Cc1ccc(Cl)c(Cl)c1)O2. The molecule has 1 aliphatic rings. The summed E-state index contributed by atoms with van der Waals surface area (Å²) >= 11 is 12.3. The molecule has 4 rings (SSSR count). The number of likely N-dealkylation sites (N-methyl/N-ethyl adjacent to an activating group) is 1. The molecule has 1 aliphatic heterocycles. The lowest BCUT2D eigenvalue weighted by molar-refractivity contribution is 0.0341. The van der Waals surface area contributed by atoms with Gasteiger partial charge in [-0.1, -0.05) is 41.3 Å². The Morgan fingerprint density at radius 3 is 2.56 bits per heavy atom. The number of aryl methyl sites for hydroxylation is 2. The summed E-state index contributed by atoms with van der Waals surface area (Å²) in [5.74, 6) is 0.0276. The van der Waals surface area contributed by atoms with E-state index in [0.717, 1.165) is 5.56 Å². The molecular weight excluding hydrogens is 591 g/mol. The summed E-state index contributed by atoms with van der Waals surface area (Å²) in [6, 6.07) is 9.62. The van der Waals surface area contributed by atoms with Gasteiger partial charge in [-0.25, -0.2) is 8.42 Å². The molecule has 0 spiro atoms. The topological polar surface area (TPSA) is 125 Å². The number of ether oxygens (including phenoxy) is 1. The fourth-order valence-corrected chi connectivity index (χ4v) is 6.59. The summed E-state index contributed by atoms with van der Waals surface area (Å²) in [7, 11) is -2.07. The maximum absolute atomic E-state index is 13.7. The van der Waals surface area contributed by atoms with Crippen LogP contribution in [0, 0.1) is 19.8 Å². The Balaban J connectivity index is 1.64. The van der Waals surface area contributed by atoms with Gasteiger partial charge in [0.2, 0.25) is 0 Å². The van der Waals surface area contributed by atoms with Crippen molar-refractivity contribution in [2.24, 2.45) is 5.92 Å². The summed E-state index contributed by atoms with van der Waals surface area (Å²) in [5.41, 5.74) is 1.58. The van der Waals surface area contributed by atoms with E-state index in [-0.39, 0.29) is 52.1 Å². The molecule has 3 aromatic rings. The number of carbonyl (C=O) groups is 1. The van der Waals surface area contributed by atoms with Crippen LogP contribution < -0.4 is 9.46 Å². The van der Waals surface area contributed by atoms with Gasteiger partial charge in [0.1, 0.15) is 17.5 Å². The lowest BCUT2D eigenvalue weighted by Crippen LogP contribution is -2.49. The summed E-state index contributed by atoms with van der Waals surface area (Å²) < 4.78 is 40.2. The number of carbonyl (C=O) groups excluding carboxylic acids is 1. The number of benzene rings is 2. The van der Waals surface area contributed by atoms with E-state index in [9.17, 15) is 18.3 Å². The normalized spacial score (nSPS) is 18.5. The van der Waals surface area contributed by atoms with E-state index in [1.807, 2.05) is 26.1 Å². The van der Waals surface area contributed by atoms with E-state index in [1.165, 1.54) is 19.9 Å². The van der Waals surface area contributed by atoms with E-state index in [2.05, 4.69) is 14.8 Å². The van der Waals surface area contributed by atoms with Crippen molar-refractivity contribution in [3.8, 4) is 5.75 Å². The second-order valence-electron chi connectivity index (χ2n) is 10.5. The molecule has 0 unspecified atom stereocenters. The predicted molar refractivity (Wildman–Crippen MR) is 157 cm³/mol. The highest BCUT2D eigenvalue weighted by atomic mass is 35.5. The Labute approximate surface area is 250 Å². The molecule has 3 atom stereocenters. The van der Waals surface area contributed by atoms with Crippen LogP contribution in [0.5, 0.6) is 5.75 Å². The van der Waals surface area contributed by atoms with Crippen LogP contribution >= 0.6 is 23.2 Å². The maximum Gasteiger partial charge on any atom is 0.267 e. The van der Waals surface area contributed by atoms with Gasteiger partial charge in [-0.05, 0) is 63.7 Å².